The lowest BCUT2D eigenvalue weighted by molar-refractivity contribution is 0.190. The minimum Gasteiger partial charge on any atom is -0.385 e. The van der Waals surface area contributed by atoms with Crippen LogP contribution in [-0.4, -0.2) is 29.1 Å². The first kappa shape index (κ1) is 9.15. The Morgan fingerprint density at radius 1 is 1.75 bits per heavy atom. The predicted octanol–water partition coefficient (Wildman–Crippen LogP) is 0.231. The Morgan fingerprint density at radius 3 is 3.17 bits per heavy atom. The van der Waals surface area contributed by atoms with Crippen LogP contribution in [0.15, 0.2) is 6.20 Å². The molecule has 0 spiro atoms. The fourth-order valence-corrected chi connectivity index (χ4v) is 0.985. The van der Waals surface area contributed by atoms with Gasteiger partial charge < -0.3 is 10.5 Å². The normalized spacial score (nSPS) is 13.2. The van der Waals surface area contributed by atoms with Crippen LogP contribution < -0.4 is 5.73 Å². The number of hydrogen-bond acceptors (Lipinski definition) is 4. The summed E-state index contributed by atoms with van der Waals surface area (Å²) < 4.78 is 4.91. The molecule has 0 fully saturated rings. The standard InChI is InChI=1S/C7H14N4O/c1-12-4-2-3-6(8)7-5-9-11-10-7/h5-6H,2-4,8H2,1H3,(H,9,10,11). The van der Waals surface area contributed by atoms with E-state index in [2.05, 4.69) is 15.4 Å². The molecule has 0 saturated carbocycles. The van der Waals surface area contributed by atoms with Crippen molar-refractivity contribution in [3.05, 3.63) is 11.9 Å². The molecule has 0 radical (unpaired) electrons. The van der Waals surface area contributed by atoms with Crippen LogP contribution in [-0.2, 0) is 4.74 Å². The summed E-state index contributed by atoms with van der Waals surface area (Å²) in [6.45, 7) is 0.742. The van der Waals surface area contributed by atoms with Crippen molar-refractivity contribution in [2.75, 3.05) is 13.7 Å². The number of aromatic amines is 1. The van der Waals surface area contributed by atoms with E-state index in [0.717, 1.165) is 25.1 Å². The summed E-state index contributed by atoms with van der Waals surface area (Å²) >= 11 is 0. The zero-order valence-electron chi connectivity index (χ0n) is 7.16. The van der Waals surface area contributed by atoms with E-state index in [4.69, 9.17) is 10.5 Å². The topological polar surface area (TPSA) is 76.8 Å². The van der Waals surface area contributed by atoms with Gasteiger partial charge in [0.2, 0.25) is 0 Å². The molecule has 1 atom stereocenters. The largest absolute Gasteiger partial charge is 0.385 e. The van der Waals surface area contributed by atoms with Crippen LogP contribution in [0.3, 0.4) is 0 Å². The second-order valence-electron chi connectivity index (χ2n) is 2.64. The number of H-pyrrole nitrogens is 1. The van der Waals surface area contributed by atoms with Gasteiger partial charge in [-0.3, -0.25) is 0 Å². The smallest absolute Gasteiger partial charge is 0.0991 e. The Hall–Kier alpha value is -0.940. The molecule has 68 valence electrons. The molecule has 0 aliphatic heterocycles. The van der Waals surface area contributed by atoms with Gasteiger partial charge in [0.15, 0.2) is 0 Å². The summed E-state index contributed by atoms with van der Waals surface area (Å²) in [4.78, 5) is 0. The maximum atomic E-state index is 5.80. The van der Waals surface area contributed by atoms with Gasteiger partial charge in [-0.1, -0.05) is 0 Å². The average Bonchev–Trinajstić information content (AvgIpc) is 2.56. The highest BCUT2D eigenvalue weighted by atomic mass is 16.5. The molecule has 0 bridgehead atoms. The molecular formula is C7H14N4O. The number of nitrogens with one attached hydrogen (secondary N) is 1. The minimum atomic E-state index is -0.0288. The summed E-state index contributed by atoms with van der Waals surface area (Å²) in [6.07, 6.45) is 3.47. The third kappa shape index (κ3) is 2.60. The Morgan fingerprint density at radius 2 is 2.58 bits per heavy atom. The highest BCUT2D eigenvalue weighted by molar-refractivity contribution is 4.97. The summed E-state index contributed by atoms with van der Waals surface area (Å²) in [5.74, 6) is 0. The van der Waals surface area contributed by atoms with E-state index >= 15 is 0 Å². The Bertz CT molecular complexity index is 199. The van der Waals surface area contributed by atoms with Crippen molar-refractivity contribution in [3.8, 4) is 0 Å². The Kier molecular flexibility index (Phi) is 3.69. The predicted molar refractivity (Wildman–Crippen MR) is 44.4 cm³/mol. The molecule has 0 aromatic carbocycles. The summed E-state index contributed by atoms with van der Waals surface area (Å²) in [6, 6.07) is -0.0288. The molecule has 5 heteroatoms. The molecule has 1 unspecified atom stereocenters. The van der Waals surface area contributed by atoms with Gasteiger partial charge in [0.1, 0.15) is 0 Å². The molecule has 1 rings (SSSR count). The van der Waals surface area contributed by atoms with Crippen LogP contribution >= 0.6 is 0 Å². The molecule has 1 aromatic heterocycles. The van der Waals surface area contributed by atoms with E-state index in [9.17, 15) is 0 Å². The number of nitrogens with zero attached hydrogens (tertiary/aromatic N) is 2. The highest BCUT2D eigenvalue weighted by Gasteiger charge is 2.07. The quantitative estimate of drug-likeness (QED) is 0.620. The van der Waals surface area contributed by atoms with Crippen LogP contribution in [0.1, 0.15) is 24.6 Å². The van der Waals surface area contributed by atoms with Crippen LogP contribution in [0.2, 0.25) is 0 Å². The van der Waals surface area contributed by atoms with Gasteiger partial charge in [-0.25, -0.2) is 0 Å². The first-order valence-corrected chi connectivity index (χ1v) is 3.94. The molecule has 3 N–H and O–H groups in total. The minimum absolute atomic E-state index is 0.0288. The van der Waals surface area contributed by atoms with Gasteiger partial charge in [0, 0.05) is 13.7 Å². The maximum absolute atomic E-state index is 5.80. The number of nitrogens with two attached hydrogens (primary N) is 1. The fourth-order valence-electron chi connectivity index (χ4n) is 0.985. The van der Waals surface area contributed by atoms with Gasteiger partial charge in [0.05, 0.1) is 17.9 Å². The maximum Gasteiger partial charge on any atom is 0.0991 e. The SMILES string of the molecule is COCCCC(N)c1cn[nH]n1. The molecule has 12 heavy (non-hydrogen) atoms. The van der Waals surface area contributed by atoms with Gasteiger partial charge in [0.25, 0.3) is 0 Å². The molecule has 0 aliphatic rings. The van der Waals surface area contributed by atoms with Crippen molar-refractivity contribution in [1.82, 2.24) is 15.4 Å². The summed E-state index contributed by atoms with van der Waals surface area (Å²) in [5.41, 5.74) is 6.61. The van der Waals surface area contributed by atoms with Crippen molar-refractivity contribution in [3.63, 3.8) is 0 Å². The van der Waals surface area contributed by atoms with E-state index < -0.39 is 0 Å². The van der Waals surface area contributed by atoms with Crippen molar-refractivity contribution in [1.29, 1.82) is 0 Å². The van der Waals surface area contributed by atoms with E-state index in [1.54, 1.807) is 13.3 Å². The lowest BCUT2D eigenvalue weighted by Gasteiger charge is -2.06. The number of methoxy groups -OCH3 is 1. The second kappa shape index (κ2) is 4.84. The third-order valence-electron chi connectivity index (χ3n) is 1.68. The fraction of sp³-hybridized carbons (Fsp3) is 0.714. The third-order valence-corrected chi connectivity index (χ3v) is 1.68. The van der Waals surface area contributed by atoms with E-state index in [0.29, 0.717) is 0 Å². The first-order valence-electron chi connectivity index (χ1n) is 3.94. The van der Waals surface area contributed by atoms with E-state index in [1.807, 2.05) is 0 Å². The van der Waals surface area contributed by atoms with E-state index in [1.165, 1.54) is 0 Å². The molecule has 5 nitrogen and oxygen atoms in total. The lowest BCUT2D eigenvalue weighted by Crippen LogP contribution is -2.11. The second-order valence-corrected chi connectivity index (χ2v) is 2.64. The lowest BCUT2D eigenvalue weighted by atomic mass is 10.1. The van der Waals surface area contributed by atoms with Crippen molar-refractivity contribution in [2.45, 2.75) is 18.9 Å². The summed E-state index contributed by atoms with van der Waals surface area (Å²) in [5, 5.41) is 10.1. The van der Waals surface area contributed by atoms with Crippen molar-refractivity contribution >= 4 is 0 Å². The van der Waals surface area contributed by atoms with Crippen LogP contribution in [0.4, 0.5) is 0 Å². The Labute approximate surface area is 71.3 Å². The molecule has 1 aromatic rings. The molecule has 1 heterocycles. The average molecular weight is 170 g/mol. The monoisotopic (exact) mass is 170 g/mol. The Balaban J connectivity index is 2.25. The van der Waals surface area contributed by atoms with Crippen molar-refractivity contribution < 1.29 is 4.74 Å². The van der Waals surface area contributed by atoms with Gasteiger partial charge in [-0.2, -0.15) is 15.4 Å². The molecule has 0 saturated heterocycles. The van der Waals surface area contributed by atoms with E-state index in [-0.39, 0.29) is 6.04 Å². The molecule has 0 amide bonds. The molecule has 0 aliphatic carbocycles. The van der Waals surface area contributed by atoms with Crippen LogP contribution in [0.5, 0.6) is 0 Å². The van der Waals surface area contributed by atoms with Crippen LogP contribution in [0, 0.1) is 0 Å². The summed E-state index contributed by atoms with van der Waals surface area (Å²) in [7, 11) is 1.68. The number of hydrogen-bond donors (Lipinski definition) is 2. The van der Waals surface area contributed by atoms with Gasteiger partial charge in [-0.15, -0.1) is 0 Å². The van der Waals surface area contributed by atoms with Gasteiger partial charge >= 0.3 is 0 Å². The molecular weight excluding hydrogens is 156 g/mol. The number of rotatable bonds is 5. The van der Waals surface area contributed by atoms with Gasteiger partial charge in [-0.05, 0) is 12.8 Å². The first-order chi connectivity index (χ1) is 5.84. The zero-order valence-corrected chi connectivity index (χ0v) is 7.16. The van der Waals surface area contributed by atoms with Crippen molar-refractivity contribution in [2.24, 2.45) is 5.73 Å². The highest BCUT2D eigenvalue weighted by Crippen LogP contribution is 2.10. The number of aromatic nitrogens is 3. The van der Waals surface area contributed by atoms with Crippen LogP contribution in [0.25, 0.3) is 0 Å². The zero-order chi connectivity index (χ0) is 8.81. The number of ether oxygens (including phenoxy) is 1.